The molecule has 0 aliphatic heterocycles. The van der Waals surface area contributed by atoms with Crippen molar-refractivity contribution in [3.05, 3.63) is 36.2 Å². The van der Waals surface area contributed by atoms with Gasteiger partial charge in [-0.3, -0.25) is 21.2 Å². The smallest absolute Gasteiger partial charge is 0.0935 e. The van der Waals surface area contributed by atoms with Crippen LogP contribution in [0.25, 0.3) is 11.0 Å². The van der Waals surface area contributed by atoms with E-state index >= 15 is 0 Å². The molecule has 1 aliphatic rings. The van der Waals surface area contributed by atoms with Crippen molar-refractivity contribution in [3.8, 4) is 0 Å². The second-order valence-corrected chi connectivity index (χ2v) is 4.25. The minimum absolute atomic E-state index is 0.209. The van der Waals surface area contributed by atoms with Crippen molar-refractivity contribution >= 4 is 11.0 Å². The minimum atomic E-state index is 0.209. The summed E-state index contributed by atoms with van der Waals surface area (Å²) in [5, 5.41) is 0. The molecule has 3 N–H and O–H groups in total. The maximum atomic E-state index is 5.64. The van der Waals surface area contributed by atoms with E-state index in [1.807, 2.05) is 12.1 Å². The van der Waals surface area contributed by atoms with Gasteiger partial charge in [-0.15, -0.1) is 0 Å². The molecule has 2 aromatic rings. The lowest BCUT2D eigenvalue weighted by molar-refractivity contribution is 0.499. The first kappa shape index (κ1) is 9.69. The van der Waals surface area contributed by atoms with Crippen LogP contribution in [0.4, 0.5) is 0 Å². The number of nitrogens with zero attached hydrogens (tertiary/aromatic N) is 2. The summed E-state index contributed by atoms with van der Waals surface area (Å²) in [6.07, 6.45) is 5.93. The molecule has 1 aliphatic carbocycles. The van der Waals surface area contributed by atoms with E-state index in [1.165, 1.54) is 12.8 Å². The first-order valence-electron chi connectivity index (χ1n) is 5.56. The molecule has 4 nitrogen and oxygen atoms in total. The Labute approximate surface area is 93.9 Å². The molecular formula is C12H14N4. The monoisotopic (exact) mass is 214 g/mol. The molecule has 0 bridgehead atoms. The lowest BCUT2D eigenvalue weighted by atomic mass is 10.0. The predicted octanol–water partition coefficient (Wildman–Crippen LogP) is 1.54. The molecule has 1 saturated carbocycles. The highest BCUT2D eigenvalue weighted by Crippen LogP contribution is 2.41. The summed E-state index contributed by atoms with van der Waals surface area (Å²) in [4.78, 5) is 8.71. The third-order valence-electron chi connectivity index (χ3n) is 3.14. The molecule has 4 heteroatoms. The fraction of sp³-hybridized carbons (Fsp3) is 0.333. The Hall–Kier alpha value is -1.52. The van der Waals surface area contributed by atoms with Crippen LogP contribution < -0.4 is 11.3 Å². The predicted molar refractivity (Wildman–Crippen MR) is 62.3 cm³/mol. The SMILES string of the molecule is NNC(c1cccc2nccnc12)C1CC1. The van der Waals surface area contributed by atoms with Gasteiger partial charge in [-0.05, 0) is 30.4 Å². The number of benzene rings is 1. The van der Waals surface area contributed by atoms with E-state index in [4.69, 9.17) is 5.84 Å². The lowest BCUT2D eigenvalue weighted by Gasteiger charge is -2.16. The number of para-hydroxylation sites is 1. The molecule has 1 fully saturated rings. The van der Waals surface area contributed by atoms with Gasteiger partial charge in [0.1, 0.15) is 0 Å². The van der Waals surface area contributed by atoms with Crippen molar-refractivity contribution in [2.45, 2.75) is 18.9 Å². The number of nitrogens with one attached hydrogen (secondary N) is 1. The van der Waals surface area contributed by atoms with Gasteiger partial charge < -0.3 is 0 Å². The third-order valence-corrected chi connectivity index (χ3v) is 3.14. The highest BCUT2D eigenvalue weighted by atomic mass is 15.2. The van der Waals surface area contributed by atoms with Crippen LogP contribution in [0, 0.1) is 5.92 Å². The Morgan fingerprint density at radius 1 is 1.25 bits per heavy atom. The molecule has 16 heavy (non-hydrogen) atoms. The number of hydrogen-bond donors (Lipinski definition) is 2. The third kappa shape index (κ3) is 1.56. The Kier molecular flexibility index (Phi) is 2.31. The molecule has 0 spiro atoms. The second kappa shape index (κ2) is 3.81. The summed E-state index contributed by atoms with van der Waals surface area (Å²) < 4.78 is 0. The number of hydrazine groups is 1. The van der Waals surface area contributed by atoms with Gasteiger partial charge in [-0.1, -0.05) is 12.1 Å². The van der Waals surface area contributed by atoms with E-state index in [-0.39, 0.29) is 6.04 Å². The summed E-state index contributed by atoms with van der Waals surface area (Å²) in [6, 6.07) is 6.28. The van der Waals surface area contributed by atoms with Crippen molar-refractivity contribution in [2.75, 3.05) is 0 Å². The molecule has 1 atom stereocenters. The Bertz CT molecular complexity index is 502. The normalized spacial score (nSPS) is 17.6. The second-order valence-electron chi connectivity index (χ2n) is 4.25. The summed E-state index contributed by atoms with van der Waals surface area (Å²) >= 11 is 0. The summed E-state index contributed by atoms with van der Waals surface area (Å²) in [5.74, 6) is 6.29. The van der Waals surface area contributed by atoms with Crippen LogP contribution in [-0.2, 0) is 0 Å². The summed E-state index contributed by atoms with van der Waals surface area (Å²) in [7, 11) is 0. The lowest BCUT2D eigenvalue weighted by Crippen LogP contribution is -2.29. The van der Waals surface area contributed by atoms with Crippen molar-refractivity contribution < 1.29 is 0 Å². The van der Waals surface area contributed by atoms with E-state index in [2.05, 4.69) is 21.5 Å². The standard InChI is InChI=1S/C12H14N4/c13-16-11(8-4-5-8)9-2-1-3-10-12(9)15-7-6-14-10/h1-3,6-8,11,16H,4-5,13H2. The van der Waals surface area contributed by atoms with E-state index < -0.39 is 0 Å². The van der Waals surface area contributed by atoms with Crippen LogP contribution in [0.2, 0.25) is 0 Å². The average molecular weight is 214 g/mol. The fourth-order valence-electron chi connectivity index (χ4n) is 2.18. The maximum absolute atomic E-state index is 5.64. The van der Waals surface area contributed by atoms with E-state index in [1.54, 1.807) is 12.4 Å². The highest BCUT2D eigenvalue weighted by Gasteiger charge is 2.32. The van der Waals surface area contributed by atoms with Crippen LogP contribution in [0.15, 0.2) is 30.6 Å². The zero-order valence-corrected chi connectivity index (χ0v) is 8.93. The molecule has 0 amide bonds. The zero-order valence-electron chi connectivity index (χ0n) is 8.93. The molecule has 1 aromatic carbocycles. The molecule has 1 aromatic heterocycles. The molecule has 1 unspecified atom stereocenters. The molecule has 0 radical (unpaired) electrons. The Balaban J connectivity index is 2.14. The van der Waals surface area contributed by atoms with E-state index in [0.29, 0.717) is 5.92 Å². The van der Waals surface area contributed by atoms with E-state index in [0.717, 1.165) is 16.6 Å². The number of hydrogen-bond acceptors (Lipinski definition) is 4. The van der Waals surface area contributed by atoms with Crippen LogP contribution in [0.1, 0.15) is 24.4 Å². The van der Waals surface area contributed by atoms with Crippen molar-refractivity contribution in [3.63, 3.8) is 0 Å². The first-order valence-corrected chi connectivity index (χ1v) is 5.56. The van der Waals surface area contributed by atoms with Crippen LogP contribution in [0.3, 0.4) is 0 Å². The van der Waals surface area contributed by atoms with Gasteiger partial charge in [-0.2, -0.15) is 0 Å². The van der Waals surface area contributed by atoms with Gasteiger partial charge in [0.25, 0.3) is 0 Å². The minimum Gasteiger partial charge on any atom is -0.271 e. The molecule has 3 rings (SSSR count). The Morgan fingerprint density at radius 2 is 2.06 bits per heavy atom. The van der Waals surface area contributed by atoms with Crippen molar-refractivity contribution in [2.24, 2.45) is 11.8 Å². The number of rotatable bonds is 3. The highest BCUT2D eigenvalue weighted by molar-refractivity contribution is 5.78. The quantitative estimate of drug-likeness (QED) is 0.601. The van der Waals surface area contributed by atoms with Crippen LogP contribution in [0.5, 0.6) is 0 Å². The van der Waals surface area contributed by atoms with Crippen molar-refractivity contribution in [1.29, 1.82) is 0 Å². The van der Waals surface area contributed by atoms with Crippen LogP contribution in [-0.4, -0.2) is 9.97 Å². The van der Waals surface area contributed by atoms with Crippen LogP contribution >= 0.6 is 0 Å². The summed E-state index contributed by atoms with van der Waals surface area (Å²) in [5.41, 5.74) is 5.96. The number of nitrogens with two attached hydrogens (primary N) is 1. The van der Waals surface area contributed by atoms with Crippen molar-refractivity contribution in [1.82, 2.24) is 15.4 Å². The van der Waals surface area contributed by atoms with Gasteiger partial charge in [-0.25, -0.2) is 0 Å². The number of aromatic nitrogens is 2. The first-order chi connectivity index (χ1) is 7.90. The average Bonchev–Trinajstić information content (AvgIpc) is 3.15. The topological polar surface area (TPSA) is 63.8 Å². The van der Waals surface area contributed by atoms with Gasteiger partial charge in [0, 0.05) is 12.4 Å². The number of fused-ring (bicyclic) bond motifs is 1. The van der Waals surface area contributed by atoms with Gasteiger partial charge >= 0.3 is 0 Å². The molecular weight excluding hydrogens is 200 g/mol. The van der Waals surface area contributed by atoms with Gasteiger partial charge in [0.15, 0.2) is 0 Å². The largest absolute Gasteiger partial charge is 0.271 e. The Morgan fingerprint density at radius 3 is 2.81 bits per heavy atom. The molecule has 1 heterocycles. The van der Waals surface area contributed by atoms with Gasteiger partial charge in [0.05, 0.1) is 17.1 Å². The van der Waals surface area contributed by atoms with Gasteiger partial charge in [0.2, 0.25) is 0 Å². The molecule has 82 valence electrons. The molecule has 0 saturated heterocycles. The van der Waals surface area contributed by atoms with E-state index in [9.17, 15) is 0 Å². The zero-order chi connectivity index (χ0) is 11.0. The summed E-state index contributed by atoms with van der Waals surface area (Å²) in [6.45, 7) is 0. The maximum Gasteiger partial charge on any atom is 0.0935 e. The fourth-order valence-corrected chi connectivity index (χ4v) is 2.18.